The lowest BCUT2D eigenvalue weighted by Crippen LogP contribution is -2.10. The molecule has 1 amide bonds. The van der Waals surface area contributed by atoms with Gasteiger partial charge in [0.05, 0.1) is 12.2 Å². The molecule has 0 saturated heterocycles. The van der Waals surface area contributed by atoms with Gasteiger partial charge in [0.1, 0.15) is 0 Å². The van der Waals surface area contributed by atoms with E-state index in [1.54, 1.807) is 38.1 Å². The fraction of sp³-hybridized carbons (Fsp3) is 0.231. The highest BCUT2D eigenvalue weighted by atomic mass is 16.5. The Labute approximate surface area is 106 Å². The summed E-state index contributed by atoms with van der Waals surface area (Å²) in [6.07, 6.45) is 0. The second-order valence-electron chi connectivity index (χ2n) is 3.49. The third-order valence-electron chi connectivity index (χ3n) is 1.84. The Kier molecular flexibility index (Phi) is 6.88. The summed E-state index contributed by atoms with van der Waals surface area (Å²) >= 11 is 0. The van der Waals surface area contributed by atoms with Crippen LogP contribution in [0.25, 0.3) is 0 Å². The first-order valence-corrected chi connectivity index (χ1v) is 5.36. The maximum absolute atomic E-state index is 11.1. The lowest BCUT2D eigenvalue weighted by Gasteiger charge is -2.00. The zero-order valence-corrected chi connectivity index (χ0v) is 10.6. The van der Waals surface area contributed by atoms with Gasteiger partial charge in [-0.15, -0.1) is 0 Å². The number of nitrogens with two attached hydrogens (primary N) is 2. The van der Waals surface area contributed by atoms with Crippen LogP contribution >= 0.6 is 0 Å². The van der Waals surface area contributed by atoms with Crippen LogP contribution in [0.1, 0.15) is 24.2 Å². The first kappa shape index (κ1) is 15.7. The van der Waals surface area contributed by atoms with Gasteiger partial charge in [0, 0.05) is 11.3 Å². The molecule has 18 heavy (non-hydrogen) atoms. The van der Waals surface area contributed by atoms with Crippen molar-refractivity contribution in [3.63, 3.8) is 0 Å². The molecule has 0 aliphatic rings. The van der Waals surface area contributed by atoms with Crippen LogP contribution in [0.2, 0.25) is 0 Å². The monoisotopic (exact) mass is 250 g/mol. The molecular weight excluding hydrogens is 232 g/mol. The lowest BCUT2D eigenvalue weighted by atomic mass is 10.2. The van der Waals surface area contributed by atoms with Crippen LogP contribution in [0.4, 0.5) is 5.69 Å². The number of nitrogen functional groups attached to an aromatic ring is 1. The molecule has 0 aromatic heterocycles. The number of ether oxygens (including phenoxy) is 1. The predicted molar refractivity (Wildman–Crippen MR) is 70.8 cm³/mol. The number of benzene rings is 1. The van der Waals surface area contributed by atoms with Gasteiger partial charge < -0.3 is 16.2 Å². The van der Waals surface area contributed by atoms with Gasteiger partial charge in [0.25, 0.3) is 0 Å². The molecule has 98 valence electrons. The van der Waals surface area contributed by atoms with Crippen LogP contribution in [0.3, 0.4) is 0 Å². The average Bonchev–Trinajstić information content (AvgIpc) is 2.30. The van der Waals surface area contributed by atoms with E-state index < -0.39 is 5.91 Å². The largest absolute Gasteiger partial charge is 0.462 e. The summed E-state index contributed by atoms with van der Waals surface area (Å²) in [6.45, 7) is 7.02. The molecule has 0 unspecified atom stereocenters. The van der Waals surface area contributed by atoms with E-state index >= 15 is 0 Å². The molecule has 0 radical (unpaired) electrons. The first-order valence-electron chi connectivity index (χ1n) is 5.36. The number of carbonyl (C=O) groups is 2. The zero-order chi connectivity index (χ0) is 14.1. The maximum Gasteiger partial charge on any atom is 0.338 e. The van der Waals surface area contributed by atoms with Gasteiger partial charge in [-0.05, 0) is 38.1 Å². The van der Waals surface area contributed by atoms with Crippen molar-refractivity contribution >= 4 is 17.6 Å². The molecule has 5 heteroatoms. The summed E-state index contributed by atoms with van der Waals surface area (Å²) in [5, 5.41) is 0. The van der Waals surface area contributed by atoms with Gasteiger partial charge in [0.2, 0.25) is 5.91 Å². The molecule has 1 aromatic carbocycles. The predicted octanol–water partition coefficient (Wildman–Crippen LogP) is 1.49. The maximum atomic E-state index is 11.1. The van der Waals surface area contributed by atoms with Crippen LogP contribution in [0.5, 0.6) is 0 Å². The van der Waals surface area contributed by atoms with E-state index in [-0.39, 0.29) is 5.97 Å². The molecular formula is C13H18N2O3. The van der Waals surface area contributed by atoms with Crippen molar-refractivity contribution in [1.82, 2.24) is 0 Å². The number of hydrogen-bond acceptors (Lipinski definition) is 4. The average molecular weight is 250 g/mol. The van der Waals surface area contributed by atoms with E-state index in [4.69, 9.17) is 16.2 Å². The second kappa shape index (κ2) is 7.89. The Morgan fingerprint density at radius 1 is 1.28 bits per heavy atom. The highest BCUT2D eigenvalue weighted by Crippen LogP contribution is 2.06. The summed E-state index contributed by atoms with van der Waals surface area (Å²) in [7, 11) is 0. The van der Waals surface area contributed by atoms with E-state index in [9.17, 15) is 9.59 Å². The number of primary amides is 1. The highest BCUT2D eigenvalue weighted by molar-refractivity contribution is 5.90. The van der Waals surface area contributed by atoms with Crippen molar-refractivity contribution < 1.29 is 14.3 Å². The molecule has 0 bridgehead atoms. The number of carbonyl (C=O) groups excluding carboxylic acids is 2. The minimum absolute atomic E-state index is 0.308. The molecule has 1 aromatic rings. The van der Waals surface area contributed by atoms with Crippen molar-refractivity contribution in [2.45, 2.75) is 13.8 Å². The molecule has 4 N–H and O–H groups in total. The Morgan fingerprint density at radius 2 is 1.72 bits per heavy atom. The fourth-order valence-corrected chi connectivity index (χ4v) is 0.834. The number of hydrogen-bond donors (Lipinski definition) is 2. The Balaban J connectivity index is 0.000000411. The van der Waals surface area contributed by atoms with Gasteiger partial charge in [0.15, 0.2) is 0 Å². The minimum Gasteiger partial charge on any atom is -0.462 e. The minimum atomic E-state index is -0.435. The molecule has 1 rings (SSSR count). The molecule has 0 saturated carbocycles. The van der Waals surface area contributed by atoms with Crippen LogP contribution in [0, 0.1) is 0 Å². The van der Waals surface area contributed by atoms with Gasteiger partial charge in [-0.1, -0.05) is 6.58 Å². The highest BCUT2D eigenvalue weighted by Gasteiger charge is 2.03. The normalized spacial score (nSPS) is 8.78. The van der Waals surface area contributed by atoms with Crippen molar-refractivity contribution in [1.29, 1.82) is 0 Å². The Morgan fingerprint density at radius 3 is 2.06 bits per heavy atom. The Hall–Kier alpha value is -2.30. The van der Waals surface area contributed by atoms with Gasteiger partial charge in [-0.3, -0.25) is 4.79 Å². The molecule has 0 atom stereocenters. The Bertz CT molecular complexity index is 412. The summed E-state index contributed by atoms with van der Waals surface area (Å²) in [5.74, 6) is -0.743. The van der Waals surface area contributed by atoms with Crippen molar-refractivity contribution in [3.05, 3.63) is 42.0 Å². The third-order valence-corrected chi connectivity index (χ3v) is 1.84. The van der Waals surface area contributed by atoms with Crippen LogP contribution in [-0.4, -0.2) is 18.5 Å². The second-order valence-corrected chi connectivity index (χ2v) is 3.49. The van der Waals surface area contributed by atoms with E-state index in [2.05, 4.69) is 6.58 Å². The van der Waals surface area contributed by atoms with E-state index in [0.717, 1.165) is 0 Å². The quantitative estimate of drug-likeness (QED) is 0.482. The van der Waals surface area contributed by atoms with Gasteiger partial charge >= 0.3 is 5.97 Å². The number of rotatable bonds is 3. The zero-order valence-electron chi connectivity index (χ0n) is 10.6. The summed E-state index contributed by atoms with van der Waals surface area (Å²) in [5.41, 5.74) is 11.7. The standard InChI is InChI=1S/C9H11NO2.C4H7NO/c1-2-12-9(11)7-3-5-8(10)6-4-7;1-3(2)4(5)6/h3-6H,2,10H2,1H3;1H2,2H3,(H2,5,6). The topological polar surface area (TPSA) is 95.4 Å². The van der Waals surface area contributed by atoms with Crippen molar-refractivity contribution in [2.75, 3.05) is 12.3 Å². The molecule has 0 fully saturated rings. The molecule has 0 spiro atoms. The lowest BCUT2D eigenvalue weighted by molar-refractivity contribution is -0.114. The van der Waals surface area contributed by atoms with Crippen LogP contribution in [0.15, 0.2) is 36.4 Å². The van der Waals surface area contributed by atoms with E-state index in [0.29, 0.717) is 23.4 Å². The number of esters is 1. The molecule has 0 aliphatic carbocycles. The number of amides is 1. The van der Waals surface area contributed by atoms with E-state index in [1.807, 2.05) is 0 Å². The smallest absolute Gasteiger partial charge is 0.338 e. The van der Waals surface area contributed by atoms with Crippen LogP contribution in [-0.2, 0) is 9.53 Å². The summed E-state index contributed by atoms with van der Waals surface area (Å²) in [6, 6.07) is 6.64. The molecule has 0 heterocycles. The number of anilines is 1. The molecule has 0 aliphatic heterocycles. The summed E-state index contributed by atoms with van der Waals surface area (Å²) in [4.78, 5) is 20.9. The van der Waals surface area contributed by atoms with Crippen molar-refractivity contribution in [2.24, 2.45) is 5.73 Å². The van der Waals surface area contributed by atoms with Gasteiger partial charge in [-0.25, -0.2) is 4.79 Å². The van der Waals surface area contributed by atoms with Crippen LogP contribution < -0.4 is 11.5 Å². The summed E-state index contributed by atoms with van der Waals surface area (Å²) < 4.78 is 4.79. The first-order chi connectivity index (χ1) is 8.38. The SMILES string of the molecule is C=C(C)C(N)=O.CCOC(=O)c1ccc(N)cc1. The van der Waals surface area contributed by atoms with Gasteiger partial charge in [-0.2, -0.15) is 0 Å². The van der Waals surface area contributed by atoms with Crippen molar-refractivity contribution in [3.8, 4) is 0 Å². The third kappa shape index (κ3) is 6.32. The molecule has 5 nitrogen and oxygen atoms in total. The fourth-order valence-electron chi connectivity index (χ4n) is 0.834. The van der Waals surface area contributed by atoms with E-state index in [1.165, 1.54) is 0 Å².